The Balaban J connectivity index is 1.36. The summed E-state index contributed by atoms with van der Waals surface area (Å²) in [6.07, 6.45) is -2.00. The second kappa shape index (κ2) is 9.45. The van der Waals surface area contributed by atoms with Crippen LogP contribution in [0.3, 0.4) is 0 Å². The number of nitrogens with one attached hydrogen (secondary N) is 1. The molecule has 2 fully saturated rings. The molecule has 2 aliphatic rings. The molecule has 1 aliphatic heterocycles. The van der Waals surface area contributed by atoms with Gasteiger partial charge < -0.3 is 36.3 Å². The van der Waals surface area contributed by atoms with Crippen LogP contribution < -0.4 is 26.8 Å². The second-order valence-electron chi connectivity index (χ2n) is 9.42. The Morgan fingerprint density at radius 3 is 2.58 bits per heavy atom. The summed E-state index contributed by atoms with van der Waals surface area (Å²) in [5.41, 5.74) is 16.8. The van der Waals surface area contributed by atoms with E-state index in [2.05, 4.69) is 20.0 Å². The van der Waals surface area contributed by atoms with Crippen LogP contribution >= 0.6 is 7.75 Å². The van der Waals surface area contributed by atoms with Gasteiger partial charge in [-0.1, -0.05) is 18.2 Å². The first-order valence-electron chi connectivity index (χ1n) is 11.8. The highest BCUT2D eigenvalue weighted by Crippen LogP contribution is 2.60. The third-order valence-corrected chi connectivity index (χ3v) is 7.88. The van der Waals surface area contributed by atoms with E-state index in [0.717, 1.165) is 0 Å². The molecule has 3 aromatic rings. The van der Waals surface area contributed by atoms with Crippen LogP contribution in [0.25, 0.3) is 11.2 Å². The lowest BCUT2D eigenvalue weighted by Gasteiger charge is -2.27. The highest BCUT2D eigenvalue weighted by Gasteiger charge is 2.78. The lowest BCUT2D eigenvalue weighted by molar-refractivity contribution is -0.149. The molecule has 2 aromatic heterocycles. The van der Waals surface area contributed by atoms with Gasteiger partial charge in [0.25, 0.3) is 0 Å². The Labute approximate surface area is 217 Å². The standard InChI is InChI=1S/C22H29N8O7P/c1-10(2)34-20(31)11(3)29-38(33,36-12-7-5-4-6-8-12)37-16-15-22(16,32)14(23)19(35-15)30-9-26-13-17(24)27-21(25)28-18(13)30/h4-11,14-16,19,32H,23H2,1-3H3,(H,29,33)(H4,24,25,27,28)/t11-,14-,15+,16?,19+,22-,38-/m0/s1. The van der Waals surface area contributed by atoms with Gasteiger partial charge in [0, 0.05) is 0 Å². The van der Waals surface area contributed by atoms with Crippen LogP contribution in [0.2, 0.25) is 0 Å². The van der Waals surface area contributed by atoms with Gasteiger partial charge in [0.15, 0.2) is 17.7 Å². The Kier molecular flexibility index (Phi) is 6.54. The summed E-state index contributed by atoms with van der Waals surface area (Å²) in [6.45, 7) is 4.84. The van der Waals surface area contributed by atoms with Gasteiger partial charge in [-0.3, -0.25) is 13.9 Å². The molecule has 0 spiro atoms. The van der Waals surface area contributed by atoms with E-state index in [-0.39, 0.29) is 29.3 Å². The zero-order valence-electron chi connectivity index (χ0n) is 20.8. The van der Waals surface area contributed by atoms with Gasteiger partial charge in [0.1, 0.15) is 35.1 Å². The maximum absolute atomic E-state index is 13.8. The highest BCUT2D eigenvalue weighted by molar-refractivity contribution is 7.52. The van der Waals surface area contributed by atoms with Gasteiger partial charge in [-0.2, -0.15) is 15.1 Å². The van der Waals surface area contributed by atoms with Crippen molar-refractivity contribution in [2.24, 2.45) is 5.73 Å². The number of carbonyl (C=O) groups excluding carboxylic acids is 1. The number of anilines is 2. The molecule has 5 rings (SSSR count). The summed E-state index contributed by atoms with van der Waals surface area (Å²) in [5, 5.41) is 13.9. The van der Waals surface area contributed by atoms with Gasteiger partial charge >= 0.3 is 13.7 Å². The lowest BCUT2D eigenvalue weighted by atomic mass is 10.1. The maximum atomic E-state index is 13.8. The SMILES string of the molecule is CC(C)OC(=O)[C@H](C)N[P@](=O)(Oc1ccccc1)OC1[C@H]2O[C@@H](n3cnc4c(N)nc(N)nc43)[C@H](N)[C@@]12O. The minimum atomic E-state index is -4.26. The van der Waals surface area contributed by atoms with Crippen LogP contribution in [0.1, 0.15) is 27.0 Å². The number of nitrogen functional groups attached to an aromatic ring is 2. The van der Waals surface area contributed by atoms with Crippen LogP contribution in [-0.2, 0) is 23.4 Å². The zero-order chi connectivity index (χ0) is 27.4. The molecule has 1 aromatic carbocycles. The number of esters is 1. The Morgan fingerprint density at radius 1 is 1.24 bits per heavy atom. The summed E-state index contributed by atoms with van der Waals surface area (Å²) in [6, 6.07) is 6.13. The fraction of sp³-hybridized carbons (Fsp3) is 0.455. The number of aromatic nitrogens is 4. The third kappa shape index (κ3) is 4.57. The predicted octanol–water partition coefficient (Wildman–Crippen LogP) is 0.462. The van der Waals surface area contributed by atoms with Crippen molar-refractivity contribution in [2.45, 2.75) is 63.0 Å². The molecule has 1 saturated carbocycles. The van der Waals surface area contributed by atoms with Gasteiger partial charge in [0.05, 0.1) is 18.5 Å². The Bertz CT molecular complexity index is 1410. The molecule has 3 heterocycles. The fourth-order valence-corrected chi connectivity index (χ4v) is 6.06. The average Bonchev–Trinajstić information content (AvgIpc) is 3.10. The summed E-state index contributed by atoms with van der Waals surface area (Å²) < 4.78 is 37.9. The molecule has 16 heteroatoms. The van der Waals surface area contributed by atoms with Crippen molar-refractivity contribution in [3.63, 3.8) is 0 Å². The molecule has 1 saturated heterocycles. The first kappa shape index (κ1) is 26.3. The van der Waals surface area contributed by atoms with Crippen molar-refractivity contribution < 1.29 is 33.0 Å². The largest absolute Gasteiger partial charge is 0.462 e. The number of hydrogen-bond donors (Lipinski definition) is 5. The average molecular weight is 548 g/mol. The Morgan fingerprint density at radius 2 is 1.95 bits per heavy atom. The van der Waals surface area contributed by atoms with Gasteiger partial charge in [-0.15, -0.1) is 0 Å². The molecule has 15 nitrogen and oxygen atoms in total. The summed E-state index contributed by atoms with van der Waals surface area (Å²) in [4.78, 5) is 24.6. The lowest BCUT2D eigenvalue weighted by Crippen LogP contribution is -2.44. The van der Waals surface area contributed by atoms with Crippen molar-refractivity contribution >= 4 is 36.6 Å². The van der Waals surface area contributed by atoms with Crippen molar-refractivity contribution in [1.82, 2.24) is 24.6 Å². The first-order valence-corrected chi connectivity index (χ1v) is 13.4. The topological polar surface area (TPSA) is 225 Å². The number of rotatable bonds is 9. The van der Waals surface area contributed by atoms with Crippen LogP contribution in [0, 0.1) is 0 Å². The fourth-order valence-electron chi connectivity index (χ4n) is 4.35. The van der Waals surface area contributed by atoms with Gasteiger partial charge in [-0.05, 0) is 32.9 Å². The minimum Gasteiger partial charge on any atom is -0.462 e. The van der Waals surface area contributed by atoms with E-state index in [0.29, 0.717) is 5.52 Å². The number of fused-ring (bicyclic) bond motifs is 2. The molecule has 38 heavy (non-hydrogen) atoms. The monoisotopic (exact) mass is 548 g/mol. The number of benzene rings is 1. The summed E-state index contributed by atoms with van der Waals surface area (Å²) in [7, 11) is -4.26. The Hall–Kier alpha value is -3.33. The van der Waals surface area contributed by atoms with Gasteiger partial charge in [0.2, 0.25) is 5.95 Å². The number of hydrogen-bond acceptors (Lipinski definition) is 13. The summed E-state index contributed by atoms with van der Waals surface area (Å²) in [5.74, 6) is -0.425. The van der Waals surface area contributed by atoms with Gasteiger partial charge in [-0.25, -0.2) is 9.55 Å². The minimum absolute atomic E-state index is 0.0661. The van der Waals surface area contributed by atoms with E-state index in [1.54, 1.807) is 44.2 Å². The maximum Gasteiger partial charge on any atom is 0.459 e. The van der Waals surface area contributed by atoms with E-state index in [4.69, 9.17) is 35.7 Å². The van der Waals surface area contributed by atoms with Crippen molar-refractivity contribution in [2.75, 3.05) is 11.5 Å². The number of nitrogens with two attached hydrogens (primary N) is 3. The third-order valence-electron chi connectivity index (χ3n) is 6.22. The number of aliphatic hydroxyl groups is 1. The first-order chi connectivity index (χ1) is 17.9. The van der Waals surface area contributed by atoms with E-state index < -0.39 is 49.8 Å². The molecule has 1 aliphatic carbocycles. The number of ether oxygens (including phenoxy) is 2. The molecular formula is C22H29N8O7P. The van der Waals surface area contributed by atoms with Crippen LogP contribution in [0.15, 0.2) is 36.7 Å². The predicted molar refractivity (Wildman–Crippen MR) is 134 cm³/mol. The van der Waals surface area contributed by atoms with Crippen molar-refractivity contribution in [3.8, 4) is 5.75 Å². The van der Waals surface area contributed by atoms with Crippen molar-refractivity contribution in [3.05, 3.63) is 36.7 Å². The molecule has 204 valence electrons. The summed E-state index contributed by atoms with van der Waals surface area (Å²) >= 11 is 0. The van der Waals surface area contributed by atoms with Crippen LogP contribution in [0.5, 0.6) is 5.75 Å². The van der Waals surface area contributed by atoms with E-state index in [9.17, 15) is 14.5 Å². The number of para-hydroxylation sites is 1. The van der Waals surface area contributed by atoms with E-state index in [1.165, 1.54) is 17.8 Å². The number of imidazole rings is 1. The van der Waals surface area contributed by atoms with Crippen molar-refractivity contribution in [1.29, 1.82) is 0 Å². The number of carbonyl (C=O) groups is 1. The molecule has 0 bridgehead atoms. The molecule has 8 N–H and O–H groups in total. The second-order valence-corrected chi connectivity index (χ2v) is 11.1. The van der Waals surface area contributed by atoms with Crippen LogP contribution in [-0.4, -0.2) is 66.6 Å². The van der Waals surface area contributed by atoms with Crippen LogP contribution in [0.4, 0.5) is 11.8 Å². The molecular weight excluding hydrogens is 519 g/mol. The normalized spacial score (nSPS) is 28.6. The molecule has 0 amide bonds. The van der Waals surface area contributed by atoms with E-state index in [1.807, 2.05) is 0 Å². The quantitative estimate of drug-likeness (QED) is 0.181. The smallest absolute Gasteiger partial charge is 0.459 e. The molecule has 0 radical (unpaired) electrons. The molecule has 1 unspecified atom stereocenters. The molecule has 7 atom stereocenters. The zero-order valence-corrected chi connectivity index (χ0v) is 21.7. The number of nitrogens with zero attached hydrogens (tertiary/aromatic N) is 4. The van der Waals surface area contributed by atoms with E-state index >= 15 is 0 Å². The highest BCUT2D eigenvalue weighted by atomic mass is 31.2.